The third kappa shape index (κ3) is 2.84. The molecule has 2 heteroatoms. The molecular weight excluding hydrogens is 304 g/mol. The molecule has 2 aromatic rings. The monoisotopic (exact) mass is 334 g/mol. The van der Waals surface area contributed by atoms with Crippen molar-refractivity contribution in [2.75, 3.05) is 0 Å². The van der Waals surface area contributed by atoms with Crippen LogP contribution in [0.4, 0.5) is 0 Å². The highest BCUT2D eigenvalue weighted by Crippen LogP contribution is 2.61. The Labute approximate surface area is 151 Å². The standard InChI is InChI=1S/C23H30N2/c1-2-19-5-3-4-6-21(19)22-24-15-20(25-22)7-8-23-12-16-9-17(13-23)11-18(10-16)14-23/h3-6,15-18H,2,7-14H2,1H3,(H,24,25). The van der Waals surface area contributed by atoms with E-state index in [1.54, 1.807) is 19.3 Å². The second kappa shape index (κ2) is 6.00. The quantitative estimate of drug-likeness (QED) is 0.737. The number of nitrogens with one attached hydrogen (secondary N) is 1. The second-order valence-electron chi connectivity index (χ2n) is 9.19. The average Bonchev–Trinajstić information content (AvgIpc) is 3.08. The molecule has 1 heterocycles. The molecule has 1 aromatic heterocycles. The number of H-pyrrole nitrogens is 1. The Hall–Kier alpha value is -1.57. The Morgan fingerprint density at radius 2 is 1.72 bits per heavy atom. The van der Waals surface area contributed by atoms with Crippen molar-refractivity contribution in [2.24, 2.45) is 23.2 Å². The van der Waals surface area contributed by atoms with E-state index in [4.69, 9.17) is 4.98 Å². The SMILES string of the molecule is CCc1ccccc1-c1ncc(CCC23CC4CC(CC(C4)C2)C3)[nH]1. The summed E-state index contributed by atoms with van der Waals surface area (Å²) >= 11 is 0. The van der Waals surface area contributed by atoms with Crippen molar-refractivity contribution < 1.29 is 0 Å². The van der Waals surface area contributed by atoms with Crippen LogP contribution in [0.1, 0.15) is 63.1 Å². The first-order valence-electron chi connectivity index (χ1n) is 10.4. The first kappa shape index (κ1) is 15.7. The Balaban J connectivity index is 1.31. The van der Waals surface area contributed by atoms with Crippen molar-refractivity contribution in [1.82, 2.24) is 9.97 Å². The van der Waals surface area contributed by atoms with Crippen molar-refractivity contribution in [3.8, 4) is 11.4 Å². The van der Waals surface area contributed by atoms with Gasteiger partial charge in [0.25, 0.3) is 0 Å². The minimum absolute atomic E-state index is 0.668. The fourth-order valence-electron chi connectivity index (χ4n) is 6.68. The van der Waals surface area contributed by atoms with Crippen molar-refractivity contribution in [3.63, 3.8) is 0 Å². The summed E-state index contributed by atoms with van der Waals surface area (Å²) in [6, 6.07) is 8.65. The number of hydrogen-bond acceptors (Lipinski definition) is 1. The van der Waals surface area contributed by atoms with E-state index in [0.717, 1.165) is 30.0 Å². The third-order valence-corrected chi connectivity index (χ3v) is 7.37. The Morgan fingerprint density at radius 1 is 1.04 bits per heavy atom. The van der Waals surface area contributed by atoms with Crippen LogP contribution in [0.25, 0.3) is 11.4 Å². The van der Waals surface area contributed by atoms with Gasteiger partial charge in [-0.15, -0.1) is 0 Å². The molecule has 0 unspecified atom stereocenters. The first-order valence-corrected chi connectivity index (χ1v) is 10.4. The lowest BCUT2D eigenvalue weighted by Crippen LogP contribution is -2.46. The molecule has 0 radical (unpaired) electrons. The fraction of sp³-hybridized carbons (Fsp3) is 0.609. The van der Waals surface area contributed by atoms with Crippen LogP contribution in [-0.2, 0) is 12.8 Å². The summed E-state index contributed by atoms with van der Waals surface area (Å²) < 4.78 is 0. The third-order valence-electron chi connectivity index (χ3n) is 7.37. The minimum Gasteiger partial charge on any atom is -0.342 e. The van der Waals surface area contributed by atoms with Crippen molar-refractivity contribution in [2.45, 2.75) is 64.7 Å². The van der Waals surface area contributed by atoms with Gasteiger partial charge in [-0.05, 0) is 86.5 Å². The number of aryl methyl sites for hydroxylation is 2. The van der Waals surface area contributed by atoms with Crippen LogP contribution in [0.3, 0.4) is 0 Å². The van der Waals surface area contributed by atoms with Crippen LogP contribution in [-0.4, -0.2) is 9.97 Å². The van der Waals surface area contributed by atoms with E-state index in [9.17, 15) is 0 Å². The number of imidazole rings is 1. The normalized spacial score (nSPS) is 33.1. The lowest BCUT2D eigenvalue weighted by molar-refractivity contribution is -0.0570. The van der Waals surface area contributed by atoms with Crippen LogP contribution < -0.4 is 0 Å². The number of hydrogen-bond donors (Lipinski definition) is 1. The summed E-state index contributed by atoms with van der Waals surface area (Å²) in [6.07, 6.45) is 14.8. The molecule has 1 aromatic carbocycles. The summed E-state index contributed by atoms with van der Waals surface area (Å²) in [7, 11) is 0. The average molecular weight is 335 g/mol. The van der Waals surface area contributed by atoms with Gasteiger partial charge in [-0.25, -0.2) is 4.98 Å². The molecule has 4 fully saturated rings. The summed E-state index contributed by atoms with van der Waals surface area (Å²) in [6.45, 7) is 2.22. The molecule has 6 rings (SSSR count). The molecule has 0 atom stereocenters. The second-order valence-corrected chi connectivity index (χ2v) is 9.19. The molecule has 4 bridgehead atoms. The number of aromatic nitrogens is 2. The van der Waals surface area contributed by atoms with Gasteiger partial charge in [-0.3, -0.25) is 0 Å². The molecule has 0 spiro atoms. The molecule has 0 saturated heterocycles. The first-order chi connectivity index (χ1) is 12.2. The fourth-order valence-corrected chi connectivity index (χ4v) is 6.68. The summed E-state index contributed by atoms with van der Waals surface area (Å²) in [4.78, 5) is 8.33. The maximum absolute atomic E-state index is 4.70. The number of aromatic amines is 1. The van der Waals surface area contributed by atoms with Crippen LogP contribution in [0.2, 0.25) is 0 Å². The van der Waals surface area contributed by atoms with Gasteiger partial charge in [-0.1, -0.05) is 31.2 Å². The van der Waals surface area contributed by atoms with Gasteiger partial charge in [0.15, 0.2) is 0 Å². The van der Waals surface area contributed by atoms with Crippen molar-refractivity contribution >= 4 is 0 Å². The summed E-state index contributed by atoms with van der Waals surface area (Å²) in [5.74, 6) is 4.22. The lowest BCUT2D eigenvalue weighted by atomic mass is 9.48. The van der Waals surface area contributed by atoms with E-state index in [1.807, 2.05) is 0 Å². The zero-order valence-electron chi connectivity index (χ0n) is 15.4. The predicted molar refractivity (Wildman–Crippen MR) is 102 cm³/mol. The highest BCUT2D eigenvalue weighted by Gasteiger charge is 2.50. The summed E-state index contributed by atoms with van der Waals surface area (Å²) in [5.41, 5.74) is 4.65. The largest absolute Gasteiger partial charge is 0.342 e. The molecule has 4 saturated carbocycles. The van der Waals surface area contributed by atoms with E-state index in [0.29, 0.717) is 5.41 Å². The molecule has 2 nitrogen and oxygen atoms in total. The maximum atomic E-state index is 4.70. The Morgan fingerprint density at radius 3 is 2.40 bits per heavy atom. The predicted octanol–water partition coefficient (Wildman–Crippen LogP) is 5.79. The minimum atomic E-state index is 0.668. The molecule has 4 aliphatic carbocycles. The highest BCUT2D eigenvalue weighted by molar-refractivity contribution is 5.60. The van der Waals surface area contributed by atoms with Gasteiger partial charge >= 0.3 is 0 Å². The Kier molecular flexibility index (Phi) is 3.76. The number of rotatable bonds is 5. The van der Waals surface area contributed by atoms with Gasteiger partial charge in [-0.2, -0.15) is 0 Å². The number of nitrogens with zero attached hydrogens (tertiary/aromatic N) is 1. The van der Waals surface area contributed by atoms with Crippen LogP contribution in [0.15, 0.2) is 30.5 Å². The molecule has 0 amide bonds. The van der Waals surface area contributed by atoms with Crippen LogP contribution in [0, 0.1) is 23.2 Å². The lowest BCUT2D eigenvalue weighted by Gasteiger charge is -2.57. The molecule has 1 N–H and O–H groups in total. The smallest absolute Gasteiger partial charge is 0.137 e. The van der Waals surface area contributed by atoms with Gasteiger partial charge in [0.1, 0.15) is 5.82 Å². The van der Waals surface area contributed by atoms with E-state index < -0.39 is 0 Å². The van der Waals surface area contributed by atoms with E-state index in [-0.39, 0.29) is 0 Å². The highest BCUT2D eigenvalue weighted by atomic mass is 14.9. The van der Waals surface area contributed by atoms with Gasteiger partial charge < -0.3 is 4.98 Å². The molecular formula is C23H30N2. The Bertz CT molecular complexity index is 722. The molecule has 132 valence electrons. The van der Waals surface area contributed by atoms with E-state index in [1.165, 1.54) is 48.9 Å². The molecule has 0 aliphatic heterocycles. The summed E-state index contributed by atoms with van der Waals surface area (Å²) in [5, 5.41) is 0. The topological polar surface area (TPSA) is 28.7 Å². The van der Waals surface area contributed by atoms with Gasteiger partial charge in [0, 0.05) is 17.5 Å². The van der Waals surface area contributed by atoms with E-state index in [2.05, 4.69) is 42.4 Å². The maximum Gasteiger partial charge on any atom is 0.137 e. The van der Waals surface area contributed by atoms with Gasteiger partial charge in [0.2, 0.25) is 0 Å². The zero-order valence-corrected chi connectivity index (χ0v) is 15.4. The van der Waals surface area contributed by atoms with Gasteiger partial charge in [0.05, 0.1) is 0 Å². The van der Waals surface area contributed by atoms with Crippen molar-refractivity contribution in [1.29, 1.82) is 0 Å². The van der Waals surface area contributed by atoms with E-state index >= 15 is 0 Å². The number of benzene rings is 1. The van der Waals surface area contributed by atoms with Crippen LogP contribution in [0.5, 0.6) is 0 Å². The van der Waals surface area contributed by atoms with Crippen LogP contribution >= 0.6 is 0 Å². The zero-order chi connectivity index (χ0) is 16.9. The van der Waals surface area contributed by atoms with Crippen molar-refractivity contribution in [3.05, 3.63) is 41.7 Å². The molecule has 25 heavy (non-hydrogen) atoms. The molecule has 4 aliphatic rings.